The minimum atomic E-state index is 0.186. The van der Waals surface area contributed by atoms with Gasteiger partial charge >= 0.3 is 0 Å². The van der Waals surface area contributed by atoms with Crippen molar-refractivity contribution in [2.24, 2.45) is 0 Å². The van der Waals surface area contributed by atoms with Crippen LogP contribution in [0.5, 0.6) is 0 Å². The first-order valence-corrected chi connectivity index (χ1v) is 7.21. The molecule has 1 aliphatic heterocycles. The number of rotatable bonds is 4. The van der Waals surface area contributed by atoms with Crippen molar-refractivity contribution >= 4 is 11.6 Å². The van der Waals surface area contributed by atoms with E-state index in [0.29, 0.717) is 0 Å². The first-order valence-electron chi connectivity index (χ1n) is 7.21. The molecule has 1 unspecified atom stereocenters. The maximum absolute atomic E-state index is 9.59. The summed E-state index contributed by atoms with van der Waals surface area (Å²) in [7, 11) is 0. The van der Waals surface area contributed by atoms with Crippen molar-refractivity contribution in [2.75, 3.05) is 29.9 Å². The van der Waals surface area contributed by atoms with Crippen molar-refractivity contribution in [1.82, 2.24) is 9.97 Å². The molecule has 0 radical (unpaired) electrons. The number of aryl methyl sites for hydroxylation is 1. The molecule has 106 valence electrons. The van der Waals surface area contributed by atoms with E-state index in [-0.39, 0.29) is 12.6 Å². The Balaban J connectivity index is 2.26. The Kier molecular flexibility index (Phi) is 4.96. The summed E-state index contributed by atoms with van der Waals surface area (Å²) in [5.41, 5.74) is 0. The van der Waals surface area contributed by atoms with Crippen molar-refractivity contribution < 1.29 is 5.11 Å². The average molecular weight is 264 g/mol. The molecule has 19 heavy (non-hydrogen) atoms. The van der Waals surface area contributed by atoms with Crippen LogP contribution >= 0.6 is 0 Å². The Hall–Kier alpha value is -1.36. The lowest BCUT2D eigenvalue weighted by Gasteiger charge is -2.30. The van der Waals surface area contributed by atoms with Gasteiger partial charge in [-0.15, -0.1) is 0 Å². The van der Waals surface area contributed by atoms with Gasteiger partial charge in [0.1, 0.15) is 17.5 Å². The fourth-order valence-corrected chi connectivity index (χ4v) is 2.64. The number of nitrogens with zero attached hydrogens (tertiary/aromatic N) is 3. The normalized spacial score (nSPS) is 20.2. The van der Waals surface area contributed by atoms with Crippen LogP contribution in [0.4, 0.5) is 11.6 Å². The van der Waals surface area contributed by atoms with Gasteiger partial charge in [0.25, 0.3) is 0 Å². The van der Waals surface area contributed by atoms with Crippen LogP contribution in [-0.2, 0) is 0 Å². The van der Waals surface area contributed by atoms with Gasteiger partial charge in [0, 0.05) is 19.2 Å². The minimum absolute atomic E-state index is 0.186. The van der Waals surface area contributed by atoms with Crippen molar-refractivity contribution in [2.45, 2.75) is 45.6 Å². The number of aliphatic hydroxyl groups excluding tert-OH is 1. The van der Waals surface area contributed by atoms with Crippen LogP contribution in [0.3, 0.4) is 0 Å². The summed E-state index contributed by atoms with van der Waals surface area (Å²) in [6.07, 6.45) is 4.62. The van der Waals surface area contributed by atoms with Crippen LogP contribution in [0.2, 0.25) is 0 Å². The van der Waals surface area contributed by atoms with Gasteiger partial charge in [0.05, 0.1) is 12.6 Å². The molecule has 1 aliphatic rings. The number of nitrogens with one attached hydrogen (secondary N) is 1. The number of aromatic nitrogens is 2. The maximum Gasteiger partial charge on any atom is 0.134 e. The first kappa shape index (κ1) is 14.1. The number of hydrogen-bond acceptors (Lipinski definition) is 5. The van der Waals surface area contributed by atoms with Crippen LogP contribution in [0.15, 0.2) is 6.07 Å². The van der Waals surface area contributed by atoms with Gasteiger partial charge in [-0.1, -0.05) is 12.8 Å². The third-order valence-electron chi connectivity index (χ3n) is 3.56. The van der Waals surface area contributed by atoms with E-state index in [1.807, 2.05) is 13.0 Å². The van der Waals surface area contributed by atoms with Gasteiger partial charge in [0.2, 0.25) is 0 Å². The monoisotopic (exact) mass is 264 g/mol. The standard InChI is InChI=1S/C14H24N4O/c1-3-15-13-9-14(17-11(2)16-13)18-8-6-4-5-7-12(18)10-19/h9,12,19H,3-8,10H2,1-2H3,(H,15,16,17). The van der Waals surface area contributed by atoms with E-state index >= 15 is 0 Å². The summed E-state index contributed by atoms with van der Waals surface area (Å²) in [5, 5.41) is 12.8. The van der Waals surface area contributed by atoms with Gasteiger partial charge in [-0.3, -0.25) is 0 Å². The summed E-state index contributed by atoms with van der Waals surface area (Å²) in [4.78, 5) is 11.2. The molecule has 2 N–H and O–H groups in total. The topological polar surface area (TPSA) is 61.3 Å². The molecule has 0 saturated carbocycles. The van der Waals surface area contributed by atoms with E-state index in [2.05, 4.69) is 27.1 Å². The molecule has 1 aromatic heterocycles. The molecule has 0 spiro atoms. The largest absolute Gasteiger partial charge is 0.394 e. The van der Waals surface area contributed by atoms with E-state index in [4.69, 9.17) is 0 Å². The highest BCUT2D eigenvalue weighted by Gasteiger charge is 2.22. The molecule has 5 nitrogen and oxygen atoms in total. The Morgan fingerprint density at radius 1 is 1.37 bits per heavy atom. The molecule has 0 amide bonds. The predicted molar refractivity (Wildman–Crippen MR) is 77.6 cm³/mol. The smallest absolute Gasteiger partial charge is 0.134 e. The van der Waals surface area contributed by atoms with Crippen LogP contribution in [0.25, 0.3) is 0 Å². The highest BCUT2D eigenvalue weighted by Crippen LogP contribution is 2.24. The van der Waals surface area contributed by atoms with E-state index in [1.54, 1.807) is 0 Å². The zero-order valence-electron chi connectivity index (χ0n) is 11.9. The lowest BCUT2D eigenvalue weighted by molar-refractivity contribution is 0.254. The van der Waals surface area contributed by atoms with Crippen molar-refractivity contribution in [3.05, 3.63) is 11.9 Å². The second-order valence-corrected chi connectivity index (χ2v) is 5.07. The van der Waals surface area contributed by atoms with Gasteiger partial charge in [-0.2, -0.15) is 0 Å². The van der Waals surface area contributed by atoms with Gasteiger partial charge in [-0.25, -0.2) is 9.97 Å². The molecule has 1 aromatic rings. The summed E-state index contributed by atoms with van der Waals surface area (Å²) in [5.74, 6) is 2.57. The van der Waals surface area contributed by atoms with Crippen molar-refractivity contribution in [3.63, 3.8) is 0 Å². The molecule has 5 heteroatoms. The third kappa shape index (κ3) is 3.56. The van der Waals surface area contributed by atoms with Crippen LogP contribution in [0.1, 0.15) is 38.4 Å². The molecule has 1 fully saturated rings. The third-order valence-corrected chi connectivity index (χ3v) is 3.56. The SMILES string of the molecule is CCNc1cc(N2CCCCCC2CO)nc(C)n1. The zero-order chi connectivity index (χ0) is 13.7. The predicted octanol–water partition coefficient (Wildman–Crippen LogP) is 1.96. The Bertz CT molecular complexity index is 410. The van der Waals surface area contributed by atoms with Crippen LogP contribution < -0.4 is 10.2 Å². The molecule has 2 heterocycles. The lowest BCUT2D eigenvalue weighted by Crippen LogP contribution is -2.38. The second-order valence-electron chi connectivity index (χ2n) is 5.07. The second kappa shape index (κ2) is 6.70. The fraction of sp³-hybridized carbons (Fsp3) is 0.714. The summed E-state index contributed by atoms with van der Waals surface area (Å²) < 4.78 is 0. The van der Waals surface area contributed by atoms with Gasteiger partial charge in [0.15, 0.2) is 0 Å². The Labute approximate surface area is 115 Å². The molecule has 0 aliphatic carbocycles. The summed E-state index contributed by atoms with van der Waals surface area (Å²) in [6.45, 7) is 5.97. The zero-order valence-corrected chi connectivity index (χ0v) is 11.9. The summed E-state index contributed by atoms with van der Waals surface area (Å²) >= 11 is 0. The Morgan fingerprint density at radius 3 is 2.95 bits per heavy atom. The minimum Gasteiger partial charge on any atom is -0.394 e. The quantitative estimate of drug-likeness (QED) is 0.870. The van der Waals surface area contributed by atoms with E-state index < -0.39 is 0 Å². The lowest BCUT2D eigenvalue weighted by atomic mass is 10.1. The van der Waals surface area contributed by atoms with E-state index in [1.165, 1.54) is 12.8 Å². The maximum atomic E-state index is 9.59. The molecule has 2 rings (SSSR count). The van der Waals surface area contributed by atoms with Crippen LogP contribution in [-0.4, -0.2) is 40.8 Å². The molecule has 1 saturated heterocycles. The van der Waals surface area contributed by atoms with E-state index in [0.717, 1.165) is 43.4 Å². The van der Waals surface area contributed by atoms with Crippen LogP contribution in [0, 0.1) is 6.92 Å². The highest BCUT2D eigenvalue weighted by atomic mass is 16.3. The van der Waals surface area contributed by atoms with Crippen molar-refractivity contribution in [1.29, 1.82) is 0 Å². The molecule has 0 aromatic carbocycles. The highest BCUT2D eigenvalue weighted by molar-refractivity contribution is 5.50. The Morgan fingerprint density at radius 2 is 2.21 bits per heavy atom. The number of aliphatic hydroxyl groups is 1. The molecular weight excluding hydrogens is 240 g/mol. The molecule has 0 bridgehead atoms. The summed E-state index contributed by atoms with van der Waals surface area (Å²) in [6, 6.07) is 2.18. The number of anilines is 2. The van der Waals surface area contributed by atoms with Crippen molar-refractivity contribution in [3.8, 4) is 0 Å². The fourth-order valence-electron chi connectivity index (χ4n) is 2.64. The number of hydrogen-bond donors (Lipinski definition) is 2. The van der Waals surface area contributed by atoms with Gasteiger partial charge < -0.3 is 15.3 Å². The van der Waals surface area contributed by atoms with E-state index in [9.17, 15) is 5.11 Å². The van der Waals surface area contributed by atoms with Gasteiger partial charge in [-0.05, 0) is 26.7 Å². The average Bonchev–Trinajstić information content (AvgIpc) is 2.63. The first-order chi connectivity index (χ1) is 9.24. The molecule has 1 atom stereocenters. The molecular formula is C14H24N4O.